The quantitative estimate of drug-likeness (QED) is 0.363. The summed E-state index contributed by atoms with van der Waals surface area (Å²) in [6.45, 7) is 6.29. The summed E-state index contributed by atoms with van der Waals surface area (Å²) < 4.78 is 3.78. The van der Waals surface area contributed by atoms with Gasteiger partial charge in [-0.3, -0.25) is 9.78 Å². The standard InChI is InChI=1S/C28H22N6OS/c1-17-12-18(2)24(19(3)13-17)25-21(16-33(31-25)22-9-5-4-6-10-22)14-23-27(35)34-28(36-23)30-26(32-34)20-8-7-11-29-15-20/h4-16H,1-3H3. The minimum absolute atomic E-state index is 0.201. The third-order valence-electron chi connectivity index (χ3n) is 6.07. The predicted octanol–water partition coefficient (Wildman–Crippen LogP) is 4.54. The van der Waals surface area contributed by atoms with Gasteiger partial charge in [-0.1, -0.05) is 47.2 Å². The van der Waals surface area contributed by atoms with E-state index >= 15 is 0 Å². The maximum Gasteiger partial charge on any atom is 0.291 e. The third-order valence-corrected chi connectivity index (χ3v) is 7.02. The number of pyridine rings is 1. The van der Waals surface area contributed by atoms with E-state index in [2.05, 4.69) is 48.0 Å². The first-order chi connectivity index (χ1) is 17.5. The zero-order valence-electron chi connectivity index (χ0n) is 20.0. The molecule has 7 nitrogen and oxygen atoms in total. The van der Waals surface area contributed by atoms with Crippen molar-refractivity contribution in [2.75, 3.05) is 0 Å². The summed E-state index contributed by atoms with van der Waals surface area (Å²) in [7, 11) is 0. The molecule has 0 radical (unpaired) electrons. The molecule has 0 saturated heterocycles. The lowest BCUT2D eigenvalue weighted by Crippen LogP contribution is -2.23. The second-order valence-corrected chi connectivity index (χ2v) is 9.78. The Morgan fingerprint density at radius 2 is 1.72 bits per heavy atom. The van der Waals surface area contributed by atoms with Crippen molar-refractivity contribution >= 4 is 22.4 Å². The van der Waals surface area contributed by atoms with Gasteiger partial charge in [0.25, 0.3) is 5.56 Å². The first kappa shape index (κ1) is 22.1. The van der Waals surface area contributed by atoms with Crippen LogP contribution in [0.5, 0.6) is 0 Å². The molecule has 6 aromatic rings. The second kappa shape index (κ2) is 8.66. The van der Waals surface area contributed by atoms with Gasteiger partial charge in [0, 0.05) is 35.3 Å². The van der Waals surface area contributed by atoms with Crippen molar-refractivity contribution in [2.45, 2.75) is 20.8 Å². The fourth-order valence-electron chi connectivity index (χ4n) is 4.55. The van der Waals surface area contributed by atoms with E-state index in [9.17, 15) is 4.79 Å². The van der Waals surface area contributed by atoms with Gasteiger partial charge in [-0.15, -0.1) is 5.10 Å². The molecular formula is C28H22N6OS. The van der Waals surface area contributed by atoms with Crippen molar-refractivity contribution in [3.05, 3.63) is 110 Å². The zero-order valence-corrected chi connectivity index (χ0v) is 20.8. The second-order valence-electron chi connectivity index (χ2n) is 8.77. The maximum absolute atomic E-state index is 13.3. The molecule has 2 aromatic carbocycles. The van der Waals surface area contributed by atoms with Gasteiger partial charge in [0.15, 0.2) is 5.82 Å². The summed E-state index contributed by atoms with van der Waals surface area (Å²) in [5.41, 5.74) is 7.80. The number of aromatic nitrogens is 6. The average Bonchev–Trinajstić information content (AvgIpc) is 3.55. The third kappa shape index (κ3) is 3.81. The van der Waals surface area contributed by atoms with Gasteiger partial charge in [0.2, 0.25) is 4.96 Å². The lowest BCUT2D eigenvalue weighted by atomic mass is 9.95. The molecule has 0 aliphatic rings. The first-order valence-electron chi connectivity index (χ1n) is 11.5. The van der Waals surface area contributed by atoms with Crippen LogP contribution >= 0.6 is 11.3 Å². The molecule has 176 valence electrons. The molecule has 8 heteroatoms. The van der Waals surface area contributed by atoms with Gasteiger partial charge in [0.05, 0.1) is 10.2 Å². The number of hydrogen-bond acceptors (Lipinski definition) is 6. The van der Waals surface area contributed by atoms with Crippen molar-refractivity contribution in [1.29, 1.82) is 0 Å². The van der Waals surface area contributed by atoms with Gasteiger partial charge in [-0.05, 0) is 62.2 Å². The highest BCUT2D eigenvalue weighted by molar-refractivity contribution is 7.15. The maximum atomic E-state index is 13.3. The Morgan fingerprint density at radius 3 is 2.42 bits per heavy atom. The molecule has 4 aromatic heterocycles. The summed E-state index contributed by atoms with van der Waals surface area (Å²) in [4.78, 5) is 22.5. The van der Waals surface area contributed by atoms with Crippen LogP contribution in [0.4, 0.5) is 0 Å². The normalized spacial score (nSPS) is 12.0. The van der Waals surface area contributed by atoms with E-state index in [1.165, 1.54) is 21.4 Å². The van der Waals surface area contributed by atoms with Crippen LogP contribution in [-0.4, -0.2) is 29.4 Å². The molecule has 0 bridgehead atoms. The van der Waals surface area contributed by atoms with Gasteiger partial charge >= 0.3 is 0 Å². The van der Waals surface area contributed by atoms with Crippen LogP contribution in [0.25, 0.3) is 39.4 Å². The van der Waals surface area contributed by atoms with Crippen molar-refractivity contribution in [3.63, 3.8) is 0 Å². The average molecular weight is 491 g/mol. The van der Waals surface area contributed by atoms with Crippen LogP contribution in [0.2, 0.25) is 0 Å². The molecule has 0 aliphatic carbocycles. The van der Waals surface area contributed by atoms with E-state index in [0.717, 1.165) is 39.2 Å². The number of thiazole rings is 1. The molecule has 0 N–H and O–H groups in total. The number of rotatable bonds is 4. The molecular weight excluding hydrogens is 468 g/mol. The molecule has 0 saturated carbocycles. The molecule has 4 heterocycles. The molecule has 0 spiro atoms. The van der Waals surface area contributed by atoms with Crippen molar-refractivity contribution in [3.8, 4) is 28.3 Å². The number of aryl methyl sites for hydroxylation is 3. The Bertz CT molecular complexity index is 1810. The van der Waals surface area contributed by atoms with E-state index in [1.54, 1.807) is 12.4 Å². The number of fused-ring (bicyclic) bond motifs is 1. The van der Waals surface area contributed by atoms with Gasteiger partial charge in [0.1, 0.15) is 5.69 Å². The van der Waals surface area contributed by atoms with Crippen LogP contribution in [-0.2, 0) is 0 Å². The summed E-state index contributed by atoms with van der Waals surface area (Å²) in [6.07, 6.45) is 7.25. The smallest absolute Gasteiger partial charge is 0.266 e. The Morgan fingerprint density at radius 1 is 0.944 bits per heavy atom. The molecule has 0 atom stereocenters. The van der Waals surface area contributed by atoms with E-state index < -0.39 is 0 Å². The minimum Gasteiger partial charge on any atom is -0.266 e. The van der Waals surface area contributed by atoms with Gasteiger partial charge in [-0.2, -0.15) is 14.6 Å². The van der Waals surface area contributed by atoms with Crippen LogP contribution in [0.15, 0.2) is 78.0 Å². The van der Waals surface area contributed by atoms with Crippen LogP contribution in [0.3, 0.4) is 0 Å². The summed E-state index contributed by atoms with van der Waals surface area (Å²) >= 11 is 1.32. The SMILES string of the molecule is Cc1cc(C)c(-c2nn(-c3ccccc3)cc2C=c2sc3nc(-c4cccnc4)nn3c2=O)c(C)c1. The van der Waals surface area contributed by atoms with Crippen LogP contribution < -0.4 is 10.1 Å². The fraction of sp³-hybridized carbons (Fsp3) is 0.107. The van der Waals surface area contributed by atoms with Crippen LogP contribution in [0, 0.1) is 20.8 Å². The fourth-order valence-corrected chi connectivity index (χ4v) is 5.44. The highest BCUT2D eigenvalue weighted by Crippen LogP contribution is 2.31. The molecule has 0 amide bonds. The molecule has 6 rings (SSSR count). The predicted molar refractivity (Wildman–Crippen MR) is 142 cm³/mol. The van der Waals surface area contributed by atoms with Crippen molar-refractivity contribution in [1.82, 2.24) is 29.4 Å². The Hall–Kier alpha value is -4.43. The van der Waals surface area contributed by atoms with E-state index in [4.69, 9.17) is 5.10 Å². The van der Waals surface area contributed by atoms with E-state index in [-0.39, 0.29) is 5.56 Å². The van der Waals surface area contributed by atoms with E-state index in [1.807, 2.05) is 59.4 Å². The summed E-state index contributed by atoms with van der Waals surface area (Å²) in [5, 5.41) is 9.40. The van der Waals surface area contributed by atoms with Gasteiger partial charge < -0.3 is 0 Å². The number of nitrogens with zero attached hydrogens (tertiary/aromatic N) is 6. The highest BCUT2D eigenvalue weighted by Gasteiger charge is 2.17. The summed E-state index contributed by atoms with van der Waals surface area (Å²) in [5.74, 6) is 0.487. The van der Waals surface area contributed by atoms with E-state index in [0.29, 0.717) is 15.3 Å². The van der Waals surface area contributed by atoms with Crippen molar-refractivity contribution in [2.24, 2.45) is 0 Å². The lowest BCUT2D eigenvalue weighted by molar-refractivity contribution is 0.883. The van der Waals surface area contributed by atoms with Gasteiger partial charge in [-0.25, -0.2) is 4.68 Å². The molecule has 0 unspecified atom stereocenters. The number of hydrogen-bond donors (Lipinski definition) is 0. The Kier molecular flexibility index (Phi) is 5.30. The molecule has 0 fully saturated rings. The highest BCUT2D eigenvalue weighted by atomic mass is 32.1. The van der Waals surface area contributed by atoms with Crippen LogP contribution in [0.1, 0.15) is 22.3 Å². The first-order valence-corrected chi connectivity index (χ1v) is 12.3. The monoisotopic (exact) mass is 490 g/mol. The lowest BCUT2D eigenvalue weighted by Gasteiger charge is -2.10. The molecule has 0 aliphatic heterocycles. The summed E-state index contributed by atoms with van der Waals surface area (Å²) in [6, 6.07) is 18.0. The zero-order chi connectivity index (χ0) is 24.8. The Balaban J connectivity index is 1.54. The van der Waals surface area contributed by atoms with Crippen molar-refractivity contribution < 1.29 is 0 Å². The minimum atomic E-state index is -0.201. The Labute approximate surface area is 211 Å². The topological polar surface area (TPSA) is 78.0 Å². The number of para-hydroxylation sites is 1. The number of benzene rings is 2. The molecule has 36 heavy (non-hydrogen) atoms. The largest absolute Gasteiger partial charge is 0.291 e.